The van der Waals surface area contributed by atoms with Crippen LogP contribution in [0.15, 0.2) is 12.2 Å². The molecule has 0 spiro atoms. The molecule has 0 aromatic rings. The molecule has 13 heavy (non-hydrogen) atoms. The molecule has 0 bridgehead atoms. The highest BCUT2D eigenvalue weighted by molar-refractivity contribution is 6.01. The Morgan fingerprint density at radius 2 is 1.92 bits per heavy atom. The van der Waals surface area contributed by atoms with E-state index >= 15 is 0 Å². The number of nitrogens with zero attached hydrogens (tertiary/aromatic N) is 1. The van der Waals surface area contributed by atoms with Crippen molar-refractivity contribution in [3.05, 3.63) is 12.2 Å². The summed E-state index contributed by atoms with van der Waals surface area (Å²) in [7, 11) is 0. The molecule has 0 saturated heterocycles. The highest BCUT2D eigenvalue weighted by Gasteiger charge is 2.20. The zero-order valence-electron chi connectivity index (χ0n) is 8.29. The minimum atomic E-state index is -0.613. The summed E-state index contributed by atoms with van der Waals surface area (Å²) in [5.41, 5.74) is 0.329. The van der Waals surface area contributed by atoms with E-state index in [1.165, 1.54) is 0 Å². The number of hydrogen-bond acceptors (Lipinski definition) is 3. The predicted molar refractivity (Wildman–Crippen MR) is 49.2 cm³/mol. The quantitative estimate of drug-likeness (QED) is 0.627. The van der Waals surface area contributed by atoms with Crippen molar-refractivity contribution < 1.29 is 14.3 Å². The molecule has 0 aliphatic rings. The van der Waals surface area contributed by atoms with Crippen LogP contribution in [0, 0.1) is 0 Å². The third-order valence-corrected chi connectivity index (χ3v) is 1.41. The molecule has 0 N–H and O–H groups in total. The van der Waals surface area contributed by atoms with Crippen molar-refractivity contribution in [3.8, 4) is 0 Å². The Morgan fingerprint density at radius 1 is 1.38 bits per heavy atom. The van der Waals surface area contributed by atoms with Gasteiger partial charge in [0.05, 0.1) is 6.61 Å². The number of amides is 2. The van der Waals surface area contributed by atoms with Crippen LogP contribution >= 0.6 is 0 Å². The van der Waals surface area contributed by atoms with Gasteiger partial charge in [-0.3, -0.25) is 4.79 Å². The zero-order valence-corrected chi connectivity index (χ0v) is 8.29. The van der Waals surface area contributed by atoms with Gasteiger partial charge in [0, 0.05) is 12.1 Å². The van der Waals surface area contributed by atoms with E-state index in [0.29, 0.717) is 12.1 Å². The average Bonchev–Trinajstić information content (AvgIpc) is 2.05. The molecule has 0 aromatic carbocycles. The monoisotopic (exact) mass is 185 g/mol. The van der Waals surface area contributed by atoms with E-state index in [2.05, 4.69) is 6.58 Å². The number of hydrogen-bond donors (Lipinski definition) is 0. The molecular formula is C9H15NO3. The molecule has 74 valence electrons. The third-order valence-electron chi connectivity index (χ3n) is 1.41. The van der Waals surface area contributed by atoms with Crippen molar-refractivity contribution in [3.63, 3.8) is 0 Å². The van der Waals surface area contributed by atoms with Crippen LogP contribution in [0.25, 0.3) is 0 Å². The molecule has 0 fully saturated rings. The summed E-state index contributed by atoms with van der Waals surface area (Å²) >= 11 is 0. The van der Waals surface area contributed by atoms with Gasteiger partial charge in [0.15, 0.2) is 0 Å². The maximum absolute atomic E-state index is 11.3. The van der Waals surface area contributed by atoms with Gasteiger partial charge in [0.2, 0.25) is 0 Å². The Balaban J connectivity index is 4.41. The minimum Gasteiger partial charge on any atom is -0.449 e. The molecule has 0 unspecified atom stereocenters. The fourth-order valence-electron chi connectivity index (χ4n) is 0.787. The smallest absolute Gasteiger partial charge is 0.416 e. The van der Waals surface area contributed by atoms with Gasteiger partial charge in [-0.15, -0.1) is 0 Å². The number of carbonyl (C=O) groups is 2. The van der Waals surface area contributed by atoms with Gasteiger partial charge in [-0.2, -0.15) is 0 Å². The molecule has 0 aromatic heterocycles. The summed E-state index contributed by atoms with van der Waals surface area (Å²) in [6, 6.07) is 0. The van der Waals surface area contributed by atoms with Crippen LogP contribution < -0.4 is 0 Å². The molecule has 4 heteroatoms. The lowest BCUT2D eigenvalue weighted by Gasteiger charge is -2.17. The number of likely N-dealkylation sites (N-methyl/N-ethyl adjacent to an activating group) is 1. The molecule has 0 saturated carbocycles. The van der Waals surface area contributed by atoms with E-state index in [9.17, 15) is 9.59 Å². The number of carbonyl (C=O) groups excluding carboxylic acids is 2. The van der Waals surface area contributed by atoms with Crippen LogP contribution in [-0.2, 0) is 9.53 Å². The molecular weight excluding hydrogens is 170 g/mol. The van der Waals surface area contributed by atoms with E-state index < -0.39 is 6.09 Å². The lowest BCUT2D eigenvalue weighted by Crippen LogP contribution is -2.37. The number of rotatable bonds is 3. The molecule has 4 nitrogen and oxygen atoms in total. The van der Waals surface area contributed by atoms with E-state index in [1.54, 1.807) is 20.8 Å². The van der Waals surface area contributed by atoms with Gasteiger partial charge in [-0.05, 0) is 20.8 Å². The normalized spacial score (nSPS) is 9.15. The first kappa shape index (κ1) is 11.7. The molecule has 0 heterocycles. The summed E-state index contributed by atoms with van der Waals surface area (Å²) in [6.07, 6.45) is -0.613. The van der Waals surface area contributed by atoms with Gasteiger partial charge in [0.25, 0.3) is 5.91 Å². The second-order valence-electron chi connectivity index (χ2n) is 2.53. The molecule has 0 rings (SSSR count). The largest absolute Gasteiger partial charge is 0.449 e. The number of ether oxygens (including phenoxy) is 1. The molecule has 0 aliphatic heterocycles. The van der Waals surface area contributed by atoms with Crippen LogP contribution in [0.5, 0.6) is 0 Å². The second kappa shape index (κ2) is 5.35. The summed E-state index contributed by atoms with van der Waals surface area (Å²) in [4.78, 5) is 23.5. The summed E-state index contributed by atoms with van der Waals surface area (Å²) < 4.78 is 4.69. The first-order valence-electron chi connectivity index (χ1n) is 4.18. The van der Waals surface area contributed by atoms with Crippen LogP contribution in [0.2, 0.25) is 0 Å². The van der Waals surface area contributed by atoms with Gasteiger partial charge in [-0.1, -0.05) is 6.58 Å². The molecule has 0 radical (unpaired) electrons. The third kappa shape index (κ3) is 3.27. The van der Waals surface area contributed by atoms with Crippen molar-refractivity contribution in [1.29, 1.82) is 0 Å². The highest BCUT2D eigenvalue weighted by Crippen LogP contribution is 2.01. The maximum Gasteiger partial charge on any atom is 0.416 e. The predicted octanol–water partition coefficient (Wildman–Crippen LogP) is 1.57. The average molecular weight is 185 g/mol. The van der Waals surface area contributed by atoms with Gasteiger partial charge in [-0.25, -0.2) is 9.69 Å². The Morgan fingerprint density at radius 3 is 2.23 bits per heavy atom. The minimum absolute atomic E-state index is 0.263. The first-order valence-corrected chi connectivity index (χ1v) is 4.18. The SMILES string of the molecule is C=C(C)C(=O)N(CC)C(=O)OCC. The summed E-state index contributed by atoms with van der Waals surface area (Å²) in [6.45, 7) is 8.98. The molecule has 2 amide bonds. The zero-order chi connectivity index (χ0) is 10.4. The summed E-state index contributed by atoms with van der Waals surface area (Å²) in [5.74, 6) is -0.388. The molecule has 0 atom stereocenters. The Hall–Kier alpha value is -1.32. The van der Waals surface area contributed by atoms with E-state index in [0.717, 1.165) is 4.90 Å². The van der Waals surface area contributed by atoms with Gasteiger partial charge < -0.3 is 4.74 Å². The van der Waals surface area contributed by atoms with E-state index in [4.69, 9.17) is 4.74 Å². The van der Waals surface area contributed by atoms with Gasteiger partial charge in [0.1, 0.15) is 0 Å². The maximum atomic E-state index is 11.3. The Bertz CT molecular complexity index is 223. The Kier molecular flexibility index (Phi) is 4.80. The molecule has 0 aliphatic carbocycles. The lowest BCUT2D eigenvalue weighted by molar-refractivity contribution is -0.125. The van der Waals surface area contributed by atoms with Crippen LogP contribution in [0.1, 0.15) is 20.8 Å². The fraction of sp³-hybridized carbons (Fsp3) is 0.556. The standard InChI is InChI=1S/C9H15NO3/c1-5-10(8(11)7(3)4)9(12)13-6-2/h3,5-6H2,1-2,4H3. The van der Waals surface area contributed by atoms with E-state index in [1.807, 2.05) is 0 Å². The van der Waals surface area contributed by atoms with Crippen LogP contribution in [0.4, 0.5) is 4.79 Å². The second-order valence-corrected chi connectivity index (χ2v) is 2.53. The van der Waals surface area contributed by atoms with Gasteiger partial charge >= 0.3 is 6.09 Å². The van der Waals surface area contributed by atoms with Crippen LogP contribution in [-0.4, -0.2) is 30.1 Å². The Labute approximate surface area is 78.2 Å². The summed E-state index contributed by atoms with van der Waals surface area (Å²) in [5, 5.41) is 0. The first-order chi connectivity index (χ1) is 6.04. The lowest BCUT2D eigenvalue weighted by atomic mass is 10.3. The number of imide groups is 1. The van der Waals surface area contributed by atoms with Crippen molar-refractivity contribution in [2.75, 3.05) is 13.2 Å². The van der Waals surface area contributed by atoms with Crippen molar-refractivity contribution >= 4 is 12.0 Å². The van der Waals surface area contributed by atoms with Crippen LogP contribution in [0.3, 0.4) is 0 Å². The fourth-order valence-corrected chi connectivity index (χ4v) is 0.787. The van der Waals surface area contributed by atoms with Crippen molar-refractivity contribution in [2.45, 2.75) is 20.8 Å². The topological polar surface area (TPSA) is 46.6 Å². The van der Waals surface area contributed by atoms with Crippen molar-refractivity contribution in [1.82, 2.24) is 4.90 Å². The van der Waals surface area contributed by atoms with E-state index in [-0.39, 0.29) is 12.5 Å². The highest BCUT2D eigenvalue weighted by atomic mass is 16.6. The van der Waals surface area contributed by atoms with Crippen molar-refractivity contribution in [2.24, 2.45) is 0 Å².